The minimum absolute atomic E-state index is 0.346. The van der Waals surface area contributed by atoms with Crippen molar-refractivity contribution in [2.75, 3.05) is 13.2 Å². The summed E-state index contributed by atoms with van der Waals surface area (Å²) in [5.41, 5.74) is 3.27. The molecule has 0 aliphatic heterocycles. The molecular weight excluding hydrogens is 204 g/mol. The number of esters is 1. The highest BCUT2D eigenvalue weighted by atomic mass is 16.5. The molecule has 4 heteroatoms. The Morgan fingerprint density at radius 1 is 1.19 bits per heavy atom. The Morgan fingerprint density at radius 2 is 1.88 bits per heavy atom. The van der Waals surface area contributed by atoms with E-state index >= 15 is 0 Å². The van der Waals surface area contributed by atoms with Crippen LogP contribution in [-0.2, 0) is 9.53 Å². The molecule has 1 N–H and O–H groups in total. The maximum absolute atomic E-state index is 11.2. The van der Waals surface area contributed by atoms with Crippen molar-refractivity contribution < 1.29 is 9.53 Å². The number of nitrogens with one attached hydrogen (secondary N) is 1. The summed E-state index contributed by atoms with van der Waals surface area (Å²) in [5.74, 6) is -0.346. The lowest BCUT2D eigenvalue weighted by Crippen LogP contribution is -2.19. The fraction of sp³-hybridized carbons (Fsp3) is 0.833. The third kappa shape index (κ3) is 8.26. The molecule has 0 aliphatic rings. The average Bonchev–Trinajstić information content (AvgIpc) is 2.28. The van der Waals surface area contributed by atoms with Gasteiger partial charge in [0.15, 0.2) is 0 Å². The molecule has 4 nitrogen and oxygen atoms in total. The van der Waals surface area contributed by atoms with E-state index in [0.717, 1.165) is 13.0 Å². The van der Waals surface area contributed by atoms with Gasteiger partial charge in [-0.2, -0.15) is 5.10 Å². The molecule has 0 spiro atoms. The quantitative estimate of drug-likeness (QED) is 0.285. The van der Waals surface area contributed by atoms with Gasteiger partial charge in [0.1, 0.15) is 5.71 Å². The van der Waals surface area contributed by atoms with Crippen molar-refractivity contribution in [1.82, 2.24) is 5.43 Å². The monoisotopic (exact) mass is 228 g/mol. The fourth-order valence-electron chi connectivity index (χ4n) is 1.26. The van der Waals surface area contributed by atoms with Crippen molar-refractivity contribution in [1.29, 1.82) is 0 Å². The van der Waals surface area contributed by atoms with Crippen molar-refractivity contribution in [3.8, 4) is 0 Å². The summed E-state index contributed by atoms with van der Waals surface area (Å²) < 4.78 is 4.80. The van der Waals surface area contributed by atoms with Gasteiger partial charge in [-0.05, 0) is 20.3 Å². The second-order valence-electron chi connectivity index (χ2n) is 3.74. The Morgan fingerprint density at radius 3 is 2.50 bits per heavy atom. The molecule has 0 saturated heterocycles. The molecule has 0 bridgehead atoms. The van der Waals surface area contributed by atoms with Gasteiger partial charge in [0, 0.05) is 6.54 Å². The molecule has 0 saturated carbocycles. The number of carbonyl (C=O) groups is 1. The lowest BCUT2D eigenvalue weighted by atomic mass is 10.2. The number of unbranched alkanes of at least 4 members (excludes halogenated alkanes) is 4. The van der Waals surface area contributed by atoms with Crippen molar-refractivity contribution in [2.45, 2.75) is 52.9 Å². The standard InChI is InChI=1S/C12H24N2O2/c1-4-6-7-8-9-10-13-14-11(3)12(15)16-5-2/h13H,4-10H2,1-3H3/b14-11-. The number of hydrogen-bond acceptors (Lipinski definition) is 4. The second-order valence-corrected chi connectivity index (χ2v) is 3.74. The van der Waals surface area contributed by atoms with Crippen molar-refractivity contribution in [2.24, 2.45) is 5.10 Å². The summed E-state index contributed by atoms with van der Waals surface area (Å²) in [4.78, 5) is 11.2. The molecule has 0 aromatic rings. The third-order valence-electron chi connectivity index (χ3n) is 2.21. The third-order valence-corrected chi connectivity index (χ3v) is 2.21. The SMILES string of the molecule is CCCCCCCN/N=C(/C)C(=O)OCC. The first-order chi connectivity index (χ1) is 7.72. The number of nitrogens with zero attached hydrogens (tertiary/aromatic N) is 1. The minimum atomic E-state index is -0.346. The van der Waals surface area contributed by atoms with Crippen LogP contribution in [0.15, 0.2) is 5.10 Å². The predicted octanol–water partition coefficient (Wildman–Crippen LogP) is 2.49. The molecule has 0 aromatic carbocycles. The zero-order valence-electron chi connectivity index (χ0n) is 10.7. The summed E-state index contributed by atoms with van der Waals surface area (Å²) >= 11 is 0. The molecule has 0 atom stereocenters. The Bertz CT molecular complexity index is 215. The van der Waals surface area contributed by atoms with E-state index in [1.165, 1.54) is 25.7 Å². The summed E-state index contributed by atoms with van der Waals surface area (Å²) in [6, 6.07) is 0. The van der Waals surface area contributed by atoms with Gasteiger partial charge in [-0.15, -0.1) is 0 Å². The van der Waals surface area contributed by atoms with E-state index in [4.69, 9.17) is 4.74 Å². The minimum Gasteiger partial charge on any atom is -0.461 e. The largest absolute Gasteiger partial charge is 0.461 e. The van der Waals surface area contributed by atoms with Crippen molar-refractivity contribution in [3.05, 3.63) is 0 Å². The zero-order valence-corrected chi connectivity index (χ0v) is 10.7. The lowest BCUT2D eigenvalue weighted by molar-refractivity contribution is -0.135. The number of hydrogen-bond donors (Lipinski definition) is 1. The molecule has 16 heavy (non-hydrogen) atoms. The van der Waals surface area contributed by atoms with Crippen LogP contribution in [0.4, 0.5) is 0 Å². The molecule has 0 heterocycles. The van der Waals surface area contributed by atoms with Gasteiger partial charge in [-0.1, -0.05) is 32.6 Å². The van der Waals surface area contributed by atoms with Crippen LogP contribution in [0.3, 0.4) is 0 Å². The molecule has 0 radical (unpaired) electrons. The van der Waals surface area contributed by atoms with Crippen LogP contribution in [0.5, 0.6) is 0 Å². The molecule has 0 unspecified atom stereocenters. The molecule has 0 rings (SSSR count). The first-order valence-electron chi connectivity index (χ1n) is 6.16. The molecule has 0 fully saturated rings. The highest BCUT2D eigenvalue weighted by Crippen LogP contribution is 2.00. The van der Waals surface area contributed by atoms with Gasteiger partial charge in [-0.3, -0.25) is 0 Å². The Labute approximate surface area is 98.4 Å². The van der Waals surface area contributed by atoms with Gasteiger partial charge in [0.2, 0.25) is 0 Å². The maximum Gasteiger partial charge on any atom is 0.354 e. The van der Waals surface area contributed by atoms with E-state index in [-0.39, 0.29) is 5.97 Å². The smallest absolute Gasteiger partial charge is 0.354 e. The number of rotatable bonds is 9. The second kappa shape index (κ2) is 10.5. The predicted molar refractivity (Wildman–Crippen MR) is 66.5 cm³/mol. The van der Waals surface area contributed by atoms with E-state index in [1.807, 2.05) is 0 Å². The van der Waals surface area contributed by atoms with Gasteiger partial charge in [0.25, 0.3) is 0 Å². The summed E-state index contributed by atoms with van der Waals surface area (Å²) in [5, 5.41) is 3.95. The van der Waals surface area contributed by atoms with Gasteiger partial charge in [-0.25, -0.2) is 4.79 Å². The topological polar surface area (TPSA) is 50.7 Å². The fourth-order valence-corrected chi connectivity index (χ4v) is 1.26. The van der Waals surface area contributed by atoms with E-state index < -0.39 is 0 Å². The Balaban J connectivity index is 3.47. The molecule has 0 aliphatic carbocycles. The summed E-state index contributed by atoms with van der Waals surface area (Å²) in [6.07, 6.45) is 6.14. The molecule has 0 amide bonds. The van der Waals surface area contributed by atoms with Crippen LogP contribution in [0.1, 0.15) is 52.9 Å². The van der Waals surface area contributed by atoms with E-state index in [9.17, 15) is 4.79 Å². The average molecular weight is 228 g/mol. The van der Waals surface area contributed by atoms with Crippen LogP contribution in [-0.4, -0.2) is 24.8 Å². The number of carbonyl (C=O) groups excluding carboxylic acids is 1. The van der Waals surface area contributed by atoms with Gasteiger partial charge in [0.05, 0.1) is 6.61 Å². The van der Waals surface area contributed by atoms with E-state index in [1.54, 1.807) is 13.8 Å². The van der Waals surface area contributed by atoms with Crippen molar-refractivity contribution >= 4 is 11.7 Å². The Hall–Kier alpha value is -1.06. The van der Waals surface area contributed by atoms with E-state index in [2.05, 4.69) is 17.5 Å². The summed E-state index contributed by atoms with van der Waals surface area (Å²) in [6.45, 7) is 6.85. The van der Waals surface area contributed by atoms with Gasteiger partial charge >= 0.3 is 5.97 Å². The highest BCUT2D eigenvalue weighted by Gasteiger charge is 2.04. The van der Waals surface area contributed by atoms with Crippen LogP contribution in [0.2, 0.25) is 0 Å². The highest BCUT2D eigenvalue weighted by molar-refractivity contribution is 6.35. The van der Waals surface area contributed by atoms with Gasteiger partial charge < -0.3 is 10.2 Å². The molecule has 0 aromatic heterocycles. The molecule has 94 valence electrons. The normalized spacial score (nSPS) is 11.3. The number of hydrazone groups is 1. The van der Waals surface area contributed by atoms with Crippen LogP contribution < -0.4 is 5.43 Å². The number of ether oxygens (including phenoxy) is 1. The van der Waals surface area contributed by atoms with Crippen LogP contribution in [0, 0.1) is 0 Å². The van der Waals surface area contributed by atoms with Crippen molar-refractivity contribution in [3.63, 3.8) is 0 Å². The Kier molecular flexibility index (Phi) is 9.76. The lowest BCUT2D eigenvalue weighted by Gasteiger charge is -2.03. The first-order valence-corrected chi connectivity index (χ1v) is 6.16. The van der Waals surface area contributed by atoms with Crippen LogP contribution in [0.25, 0.3) is 0 Å². The van der Waals surface area contributed by atoms with Crippen LogP contribution >= 0.6 is 0 Å². The maximum atomic E-state index is 11.2. The van der Waals surface area contributed by atoms with E-state index in [0.29, 0.717) is 12.3 Å². The summed E-state index contributed by atoms with van der Waals surface area (Å²) in [7, 11) is 0. The first kappa shape index (κ1) is 14.9. The molecular formula is C12H24N2O2. The zero-order chi connectivity index (χ0) is 12.2.